The summed E-state index contributed by atoms with van der Waals surface area (Å²) in [6, 6.07) is 20.6. The molecule has 1 atom stereocenters. The van der Waals surface area contributed by atoms with Crippen LogP contribution in [0.15, 0.2) is 72.9 Å². The van der Waals surface area contributed by atoms with Crippen molar-refractivity contribution in [2.75, 3.05) is 24.2 Å². The fourth-order valence-corrected chi connectivity index (χ4v) is 4.47. The summed E-state index contributed by atoms with van der Waals surface area (Å²) in [6.45, 7) is 2.49. The van der Waals surface area contributed by atoms with Gasteiger partial charge in [-0.25, -0.2) is 4.98 Å². The number of fused-ring (bicyclic) bond motifs is 1. The van der Waals surface area contributed by atoms with Gasteiger partial charge < -0.3 is 20.5 Å². The standard InChI is InChI=1S/C28H26ClN5O2/c1-17(18-8-10-20(29)11-9-18)27(35)33-23-16-19(12-14-30-23)25-26(31-21-6-4-3-5-7-21)24-22(32-25)13-15-34(2)28(24)36/h3-12,14,16-17,31-32H,13,15H2,1-2H3,(H,30,33,35). The Kier molecular flexibility index (Phi) is 6.48. The van der Waals surface area contributed by atoms with Crippen molar-refractivity contribution >= 4 is 40.6 Å². The smallest absolute Gasteiger partial charge is 0.257 e. The van der Waals surface area contributed by atoms with Crippen LogP contribution in [-0.4, -0.2) is 40.3 Å². The van der Waals surface area contributed by atoms with Gasteiger partial charge in [0.2, 0.25) is 5.91 Å². The first-order valence-corrected chi connectivity index (χ1v) is 12.1. The number of halogens is 1. The monoisotopic (exact) mass is 499 g/mol. The highest BCUT2D eigenvalue weighted by Gasteiger charge is 2.30. The van der Waals surface area contributed by atoms with Gasteiger partial charge in [-0.05, 0) is 48.9 Å². The molecule has 8 heteroatoms. The number of H-pyrrole nitrogens is 1. The van der Waals surface area contributed by atoms with Crippen molar-refractivity contribution in [1.29, 1.82) is 0 Å². The van der Waals surface area contributed by atoms with E-state index in [0.717, 1.165) is 34.6 Å². The van der Waals surface area contributed by atoms with E-state index in [1.807, 2.05) is 68.6 Å². The quantitative estimate of drug-likeness (QED) is 0.310. The van der Waals surface area contributed by atoms with Gasteiger partial charge in [-0.2, -0.15) is 0 Å². The zero-order valence-corrected chi connectivity index (χ0v) is 20.8. The van der Waals surface area contributed by atoms with Crippen LogP contribution in [-0.2, 0) is 11.2 Å². The van der Waals surface area contributed by atoms with E-state index in [0.29, 0.717) is 28.6 Å². The van der Waals surface area contributed by atoms with Gasteiger partial charge in [-0.1, -0.05) is 41.9 Å². The molecular formula is C28H26ClN5O2. The number of carbonyl (C=O) groups is 2. The molecule has 2 aromatic carbocycles. The number of hydrogen-bond acceptors (Lipinski definition) is 4. The fourth-order valence-electron chi connectivity index (χ4n) is 4.35. The summed E-state index contributed by atoms with van der Waals surface area (Å²) in [6.07, 6.45) is 2.38. The van der Waals surface area contributed by atoms with Gasteiger partial charge in [0.05, 0.1) is 22.9 Å². The number of aromatic nitrogens is 2. The van der Waals surface area contributed by atoms with E-state index in [2.05, 4.69) is 20.6 Å². The first-order valence-electron chi connectivity index (χ1n) is 11.8. The second-order valence-electron chi connectivity index (χ2n) is 8.89. The molecule has 0 bridgehead atoms. The highest BCUT2D eigenvalue weighted by molar-refractivity contribution is 6.30. The number of likely N-dealkylation sites (N-methyl/N-ethyl adjacent to an activating group) is 1. The van der Waals surface area contributed by atoms with Crippen LogP contribution in [0.5, 0.6) is 0 Å². The lowest BCUT2D eigenvalue weighted by atomic mass is 10.0. The molecule has 1 aliphatic heterocycles. The Bertz CT molecular complexity index is 1420. The Morgan fingerprint density at radius 1 is 1.11 bits per heavy atom. The molecule has 2 aromatic heterocycles. The molecule has 36 heavy (non-hydrogen) atoms. The fraction of sp³-hybridized carbons (Fsp3) is 0.179. The van der Waals surface area contributed by atoms with Crippen molar-refractivity contribution < 1.29 is 9.59 Å². The van der Waals surface area contributed by atoms with Crippen molar-refractivity contribution in [3.63, 3.8) is 0 Å². The highest BCUT2D eigenvalue weighted by Crippen LogP contribution is 2.38. The average molecular weight is 500 g/mol. The molecule has 3 N–H and O–H groups in total. The Hall–Kier alpha value is -4.10. The van der Waals surface area contributed by atoms with Crippen molar-refractivity contribution in [2.24, 2.45) is 0 Å². The number of nitrogens with one attached hydrogen (secondary N) is 3. The number of amides is 2. The zero-order valence-electron chi connectivity index (χ0n) is 20.0. The molecule has 0 saturated heterocycles. The maximum absolute atomic E-state index is 13.1. The summed E-state index contributed by atoms with van der Waals surface area (Å²) in [5.74, 6) is -0.155. The molecule has 0 fully saturated rings. The molecule has 3 heterocycles. The van der Waals surface area contributed by atoms with Gasteiger partial charge in [0.1, 0.15) is 5.82 Å². The molecule has 0 saturated carbocycles. The van der Waals surface area contributed by atoms with E-state index >= 15 is 0 Å². The Morgan fingerprint density at radius 3 is 2.61 bits per heavy atom. The van der Waals surface area contributed by atoms with E-state index in [1.165, 1.54) is 0 Å². The number of benzene rings is 2. The van der Waals surface area contributed by atoms with Crippen LogP contribution in [0.4, 0.5) is 17.2 Å². The van der Waals surface area contributed by atoms with Crippen LogP contribution in [0.3, 0.4) is 0 Å². The minimum atomic E-state index is -0.381. The van der Waals surface area contributed by atoms with Crippen molar-refractivity contribution in [2.45, 2.75) is 19.3 Å². The Balaban J connectivity index is 1.48. The number of rotatable bonds is 6. The number of pyridine rings is 1. The summed E-state index contributed by atoms with van der Waals surface area (Å²) in [4.78, 5) is 35.6. The second-order valence-corrected chi connectivity index (χ2v) is 9.32. The third-order valence-corrected chi connectivity index (χ3v) is 6.69. The molecule has 4 aromatic rings. The molecule has 182 valence electrons. The van der Waals surface area contributed by atoms with Gasteiger partial charge in [0, 0.05) is 48.2 Å². The molecule has 0 radical (unpaired) electrons. The van der Waals surface area contributed by atoms with Gasteiger partial charge in [-0.15, -0.1) is 0 Å². The minimum Gasteiger partial charge on any atom is -0.356 e. The molecule has 5 rings (SSSR count). The lowest BCUT2D eigenvalue weighted by molar-refractivity contribution is -0.117. The molecule has 1 unspecified atom stereocenters. The van der Waals surface area contributed by atoms with Gasteiger partial charge in [0.25, 0.3) is 5.91 Å². The van der Waals surface area contributed by atoms with E-state index < -0.39 is 0 Å². The van der Waals surface area contributed by atoms with Crippen LogP contribution in [0, 0.1) is 0 Å². The lowest BCUT2D eigenvalue weighted by Crippen LogP contribution is -2.34. The van der Waals surface area contributed by atoms with Crippen LogP contribution >= 0.6 is 11.6 Å². The zero-order chi connectivity index (χ0) is 25.2. The highest BCUT2D eigenvalue weighted by atomic mass is 35.5. The predicted molar refractivity (Wildman–Crippen MR) is 143 cm³/mol. The summed E-state index contributed by atoms with van der Waals surface area (Å²) in [7, 11) is 1.81. The summed E-state index contributed by atoms with van der Waals surface area (Å²) in [5.41, 5.74) is 5.57. The SMILES string of the molecule is CC(C(=O)Nc1cc(-c2[nH]c3c(c2Nc2ccccc2)C(=O)N(C)CC3)ccn1)c1ccc(Cl)cc1. The molecule has 0 aliphatic carbocycles. The third-order valence-electron chi connectivity index (χ3n) is 6.44. The van der Waals surface area contributed by atoms with Gasteiger partial charge in [0.15, 0.2) is 0 Å². The largest absolute Gasteiger partial charge is 0.356 e. The Labute approximate surface area is 214 Å². The van der Waals surface area contributed by atoms with Crippen LogP contribution in [0.1, 0.15) is 34.5 Å². The average Bonchev–Trinajstić information content (AvgIpc) is 3.26. The summed E-state index contributed by atoms with van der Waals surface area (Å²) < 4.78 is 0. The van der Waals surface area contributed by atoms with Crippen molar-refractivity contribution in [1.82, 2.24) is 14.9 Å². The summed E-state index contributed by atoms with van der Waals surface area (Å²) >= 11 is 5.98. The lowest BCUT2D eigenvalue weighted by Gasteiger charge is -2.23. The Morgan fingerprint density at radius 2 is 1.86 bits per heavy atom. The van der Waals surface area contributed by atoms with Gasteiger partial charge >= 0.3 is 0 Å². The molecule has 0 spiro atoms. The number of aromatic amines is 1. The van der Waals surface area contributed by atoms with E-state index in [4.69, 9.17) is 11.6 Å². The molecular weight excluding hydrogens is 474 g/mol. The number of para-hydroxylation sites is 1. The van der Waals surface area contributed by atoms with Crippen LogP contribution in [0.2, 0.25) is 5.02 Å². The van der Waals surface area contributed by atoms with E-state index in [9.17, 15) is 9.59 Å². The minimum absolute atomic E-state index is 0.0310. The first kappa shape index (κ1) is 23.6. The number of carbonyl (C=O) groups excluding carboxylic acids is 2. The number of hydrogen-bond donors (Lipinski definition) is 3. The summed E-state index contributed by atoms with van der Waals surface area (Å²) in [5, 5.41) is 6.98. The van der Waals surface area contributed by atoms with Crippen LogP contribution < -0.4 is 10.6 Å². The second kappa shape index (κ2) is 9.87. The normalized spacial score (nSPS) is 13.8. The van der Waals surface area contributed by atoms with Gasteiger partial charge in [-0.3, -0.25) is 9.59 Å². The van der Waals surface area contributed by atoms with E-state index in [-0.39, 0.29) is 17.7 Å². The number of anilines is 3. The molecule has 2 amide bonds. The van der Waals surface area contributed by atoms with Crippen molar-refractivity contribution in [3.05, 3.63) is 94.8 Å². The van der Waals surface area contributed by atoms with Crippen molar-refractivity contribution in [3.8, 4) is 11.3 Å². The van der Waals surface area contributed by atoms with E-state index in [1.54, 1.807) is 23.2 Å². The molecule has 1 aliphatic rings. The topological polar surface area (TPSA) is 90.1 Å². The maximum atomic E-state index is 13.1. The predicted octanol–water partition coefficient (Wildman–Crippen LogP) is 5.84. The molecule has 7 nitrogen and oxygen atoms in total. The number of nitrogens with zero attached hydrogens (tertiary/aromatic N) is 2. The maximum Gasteiger partial charge on any atom is 0.257 e. The first-order chi connectivity index (χ1) is 17.4. The van der Waals surface area contributed by atoms with Crippen LogP contribution in [0.25, 0.3) is 11.3 Å². The third kappa shape index (κ3) is 4.70.